The summed E-state index contributed by atoms with van der Waals surface area (Å²) in [4.78, 5) is 26.1. The number of carbonyl (C=O) groups excluding carboxylic acids is 2. The Morgan fingerprint density at radius 1 is 1.03 bits per heavy atom. The lowest BCUT2D eigenvalue weighted by atomic mass is 9.89. The number of hydrogen-bond donors (Lipinski definition) is 2. The Morgan fingerprint density at radius 3 is 2.41 bits per heavy atom. The Morgan fingerprint density at radius 2 is 1.72 bits per heavy atom. The molecular formula is C24H31N3O2. The summed E-state index contributed by atoms with van der Waals surface area (Å²) in [5.41, 5.74) is 5.77. The predicted molar refractivity (Wildman–Crippen MR) is 116 cm³/mol. The van der Waals surface area contributed by atoms with Crippen LogP contribution in [0.4, 0.5) is 0 Å². The number of benzene rings is 2. The van der Waals surface area contributed by atoms with Gasteiger partial charge in [0.1, 0.15) is 0 Å². The number of amides is 2. The molecule has 0 unspecified atom stereocenters. The van der Waals surface area contributed by atoms with Gasteiger partial charge in [0.15, 0.2) is 0 Å². The van der Waals surface area contributed by atoms with Gasteiger partial charge >= 0.3 is 0 Å². The maximum atomic E-state index is 12.5. The predicted octanol–water partition coefficient (Wildman–Crippen LogP) is 3.23. The maximum Gasteiger partial charge on any atom is 0.251 e. The molecule has 0 radical (unpaired) electrons. The van der Waals surface area contributed by atoms with E-state index in [0.717, 1.165) is 12.0 Å². The number of carbonyl (C=O) groups is 2. The number of hydrogen-bond acceptors (Lipinski definition) is 3. The van der Waals surface area contributed by atoms with Gasteiger partial charge in [-0.15, -0.1) is 0 Å². The summed E-state index contributed by atoms with van der Waals surface area (Å²) < 4.78 is 0. The van der Waals surface area contributed by atoms with Crippen molar-refractivity contribution in [3.63, 3.8) is 0 Å². The summed E-state index contributed by atoms with van der Waals surface area (Å²) >= 11 is 0. The molecule has 0 fully saturated rings. The Hall–Kier alpha value is -2.66. The molecule has 0 saturated heterocycles. The van der Waals surface area contributed by atoms with Crippen LogP contribution in [0.15, 0.2) is 42.5 Å². The van der Waals surface area contributed by atoms with E-state index in [2.05, 4.69) is 28.8 Å². The molecule has 0 heterocycles. The molecule has 29 heavy (non-hydrogen) atoms. The lowest BCUT2D eigenvalue weighted by molar-refractivity contribution is -0.122. The van der Waals surface area contributed by atoms with Crippen LogP contribution in [-0.2, 0) is 24.2 Å². The SMILES string of the molecule is CNC(=O)c1ccc(CN(C)CC(=O)N[C@H](C)c2ccc3c(c2)CCCC3)cc1. The van der Waals surface area contributed by atoms with E-state index in [1.54, 1.807) is 19.2 Å². The summed E-state index contributed by atoms with van der Waals surface area (Å²) in [6.45, 7) is 3.01. The van der Waals surface area contributed by atoms with Crippen LogP contribution in [0.5, 0.6) is 0 Å². The van der Waals surface area contributed by atoms with Crippen molar-refractivity contribution in [1.82, 2.24) is 15.5 Å². The standard InChI is InChI=1S/C24H31N3O2/c1-17(21-13-12-19-6-4-5-7-22(19)14-21)26-23(28)16-27(3)15-18-8-10-20(11-9-18)24(29)25-2/h8-14,17H,4-7,15-16H2,1-3H3,(H,25,29)(H,26,28)/t17-/m1/s1. The Bertz CT molecular complexity index is 861. The molecule has 1 aliphatic rings. The van der Waals surface area contributed by atoms with Crippen LogP contribution in [0, 0.1) is 0 Å². The van der Waals surface area contributed by atoms with Crippen molar-refractivity contribution >= 4 is 11.8 Å². The molecule has 2 amide bonds. The van der Waals surface area contributed by atoms with Crippen LogP contribution in [0.2, 0.25) is 0 Å². The van der Waals surface area contributed by atoms with Crippen molar-refractivity contribution in [3.05, 3.63) is 70.3 Å². The molecule has 2 N–H and O–H groups in total. The first-order chi connectivity index (χ1) is 14.0. The first kappa shape index (κ1) is 21.1. The molecule has 0 saturated carbocycles. The largest absolute Gasteiger partial charge is 0.355 e. The second kappa shape index (κ2) is 9.70. The lowest BCUT2D eigenvalue weighted by Gasteiger charge is -2.21. The molecule has 2 aromatic rings. The molecule has 0 spiro atoms. The van der Waals surface area contributed by atoms with E-state index in [0.29, 0.717) is 18.7 Å². The Labute approximate surface area is 173 Å². The maximum absolute atomic E-state index is 12.5. The van der Waals surface area contributed by atoms with Gasteiger partial charge < -0.3 is 10.6 Å². The van der Waals surface area contributed by atoms with Crippen molar-refractivity contribution in [2.24, 2.45) is 0 Å². The topological polar surface area (TPSA) is 61.4 Å². The summed E-state index contributed by atoms with van der Waals surface area (Å²) in [5, 5.41) is 5.73. The van der Waals surface area contributed by atoms with Crippen molar-refractivity contribution in [2.75, 3.05) is 20.6 Å². The average molecular weight is 394 g/mol. The normalized spacial score (nSPS) is 14.2. The van der Waals surface area contributed by atoms with E-state index < -0.39 is 0 Å². The third kappa shape index (κ3) is 5.67. The van der Waals surface area contributed by atoms with Gasteiger partial charge in [-0.2, -0.15) is 0 Å². The summed E-state index contributed by atoms with van der Waals surface area (Å²) in [6.07, 6.45) is 4.85. The number of aryl methyl sites for hydroxylation is 2. The Kier molecular flexibility index (Phi) is 7.04. The van der Waals surface area contributed by atoms with Gasteiger partial charge in [-0.25, -0.2) is 0 Å². The molecule has 0 aliphatic heterocycles. The van der Waals surface area contributed by atoms with Gasteiger partial charge in [0.25, 0.3) is 5.91 Å². The fraction of sp³-hybridized carbons (Fsp3) is 0.417. The highest BCUT2D eigenvalue weighted by Gasteiger charge is 2.15. The molecule has 2 aromatic carbocycles. The van der Waals surface area contributed by atoms with Gasteiger partial charge in [-0.3, -0.25) is 14.5 Å². The van der Waals surface area contributed by atoms with Gasteiger partial charge in [-0.05, 0) is 74.0 Å². The van der Waals surface area contributed by atoms with Gasteiger partial charge in [0, 0.05) is 19.2 Å². The minimum atomic E-state index is -0.0968. The number of rotatable bonds is 7. The van der Waals surface area contributed by atoms with E-state index in [1.165, 1.54) is 36.0 Å². The molecular weight excluding hydrogens is 362 g/mol. The zero-order chi connectivity index (χ0) is 20.8. The third-order valence-corrected chi connectivity index (χ3v) is 5.56. The molecule has 5 heteroatoms. The first-order valence-electron chi connectivity index (χ1n) is 10.4. The summed E-state index contributed by atoms with van der Waals surface area (Å²) in [6, 6.07) is 14.1. The molecule has 0 aromatic heterocycles. The quantitative estimate of drug-likeness (QED) is 0.759. The average Bonchev–Trinajstić information content (AvgIpc) is 2.73. The first-order valence-corrected chi connectivity index (χ1v) is 10.4. The lowest BCUT2D eigenvalue weighted by Crippen LogP contribution is -2.36. The third-order valence-electron chi connectivity index (χ3n) is 5.56. The van der Waals surface area contributed by atoms with Crippen molar-refractivity contribution in [3.8, 4) is 0 Å². The van der Waals surface area contributed by atoms with Crippen LogP contribution in [-0.4, -0.2) is 37.4 Å². The van der Waals surface area contributed by atoms with Gasteiger partial charge in [0.2, 0.25) is 5.91 Å². The fourth-order valence-corrected chi connectivity index (χ4v) is 3.91. The molecule has 154 valence electrons. The summed E-state index contributed by atoms with van der Waals surface area (Å²) in [7, 11) is 3.55. The van der Waals surface area contributed by atoms with E-state index in [1.807, 2.05) is 31.0 Å². The highest BCUT2D eigenvalue weighted by Crippen LogP contribution is 2.24. The fourth-order valence-electron chi connectivity index (χ4n) is 3.91. The highest BCUT2D eigenvalue weighted by atomic mass is 16.2. The zero-order valence-corrected chi connectivity index (χ0v) is 17.6. The van der Waals surface area contributed by atoms with Gasteiger partial charge in [0.05, 0.1) is 12.6 Å². The molecule has 1 atom stereocenters. The number of likely N-dealkylation sites (N-methyl/N-ethyl adjacent to an activating group) is 1. The van der Waals surface area contributed by atoms with Crippen molar-refractivity contribution < 1.29 is 9.59 Å². The minimum Gasteiger partial charge on any atom is -0.355 e. The van der Waals surface area contributed by atoms with E-state index in [4.69, 9.17) is 0 Å². The van der Waals surface area contributed by atoms with Crippen LogP contribution >= 0.6 is 0 Å². The number of nitrogens with zero attached hydrogens (tertiary/aromatic N) is 1. The Balaban J connectivity index is 1.51. The number of fused-ring (bicyclic) bond motifs is 1. The van der Waals surface area contributed by atoms with Crippen molar-refractivity contribution in [1.29, 1.82) is 0 Å². The molecule has 5 nitrogen and oxygen atoms in total. The van der Waals surface area contributed by atoms with Crippen molar-refractivity contribution in [2.45, 2.75) is 45.2 Å². The van der Waals surface area contributed by atoms with E-state index >= 15 is 0 Å². The van der Waals surface area contributed by atoms with Crippen LogP contribution in [0.1, 0.15) is 58.4 Å². The monoisotopic (exact) mass is 393 g/mol. The summed E-state index contributed by atoms with van der Waals surface area (Å²) in [5.74, 6) is -0.0832. The second-order valence-electron chi connectivity index (χ2n) is 7.97. The van der Waals surface area contributed by atoms with E-state index in [-0.39, 0.29) is 17.9 Å². The number of nitrogens with one attached hydrogen (secondary N) is 2. The minimum absolute atomic E-state index is 0.00466. The van der Waals surface area contributed by atoms with Crippen LogP contribution in [0.25, 0.3) is 0 Å². The van der Waals surface area contributed by atoms with E-state index in [9.17, 15) is 9.59 Å². The van der Waals surface area contributed by atoms with Crippen LogP contribution in [0.3, 0.4) is 0 Å². The molecule has 3 rings (SSSR count). The molecule has 0 bridgehead atoms. The highest BCUT2D eigenvalue weighted by molar-refractivity contribution is 5.93. The molecule has 1 aliphatic carbocycles. The van der Waals surface area contributed by atoms with Crippen LogP contribution < -0.4 is 10.6 Å². The smallest absolute Gasteiger partial charge is 0.251 e. The zero-order valence-electron chi connectivity index (χ0n) is 17.6. The second-order valence-corrected chi connectivity index (χ2v) is 7.97. The van der Waals surface area contributed by atoms with Gasteiger partial charge in [-0.1, -0.05) is 30.3 Å².